The molecule has 1 aliphatic rings. The van der Waals surface area contributed by atoms with Crippen molar-refractivity contribution in [2.24, 2.45) is 5.73 Å². The number of hydrogen-bond acceptors (Lipinski definition) is 2. The fourth-order valence-corrected chi connectivity index (χ4v) is 2.06. The van der Waals surface area contributed by atoms with Crippen LogP contribution in [0.3, 0.4) is 0 Å². The van der Waals surface area contributed by atoms with Crippen molar-refractivity contribution >= 4 is 11.8 Å². The molecule has 0 saturated carbocycles. The van der Waals surface area contributed by atoms with Crippen LogP contribution in [0.4, 0.5) is 0 Å². The van der Waals surface area contributed by atoms with Crippen LogP contribution >= 0.6 is 11.8 Å². The van der Waals surface area contributed by atoms with Gasteiger partial charge in [0.25, 0.3) is 0 Å². The van der Waals surface area contributed by atoms with E-state index in [0.29, 0.717) is 0 Å². The Morgan fingerprint density at radius 1 is 1.62 bits per heavy atom. The van der Waals surface area contributed by atoms with Crippen LogP contribution in [0, 0.1) is 0 Å². The van der Waals surface area contributed by atoms with E-state index in [4.69, 9.17) is 5.73 Å². The van der Waals surface area contributed by atoms with Gasteiger partial charge in [-0.15, -0.1) is 0 Å². The minimum atomic E-state index is 0.142. The summed E-state index contributed by atoms with van der Waals surface area (Å²) < 4.78 is 0. The number of hydrogen-bond donors (Lipinski definition) is 1. The summed E-state index contributed by atoms with van der Waals surface area (Å²) >= 11 is 1.98. The lowest BCUT2D eigenvalue weighted by molar-refractivity contribution is 0.470. The molecule has 1 nitrogen and oxygen atoms in total. The zero-order valence-corrected chi connectivity index (χ0v) is 6.13. The van der Waals surface area contributed by atoms with E-state index in [1.54, 1.807) is 0 Å². The summed E-state index contributed by atoms with van der Waals surface area (Å²) in [4.78, 5) is 0. The Bertz CT molecular complexity index is 72.6. The maximum Gasteiger partial charge on any atom is 0.0217 e. The first-order chi connectivity index (χ1) is 3.71. The fraction of sp³-hybridized carbons (Fsp3) is 1.00. The average molecular weight is 131 g/mol. The lowest BCUT2D eigenvalue weighted by Gasteiger charge is -2.28. The van der Waals surface area contributed by atoms with Gasteiger partial charge in [0.1, 0.15) is 0 Å². The highest BCUT2D eigenvalue weighted by atomic mass is 32.2. The van der Waals surface area contributed by atoms with Gasteiger partial charge in [0.15, 0.2) is 0 Å². The largest absolute Gasteiger partial charge is 0.325 e. The fourth-order valence-electron chi connectivity index (χ4n) is 0.956. The summed E-state index contributed by atoms with van der Waals surface area (Å²) in [5.74, 6) is 2.46. The first-order valence-corrected chi connectivity index (χ1v) is 4.23. The van der Waals surface area contributed by atoms with Crippen LogP contribution in [-0.2, 0) is 0 Å². The molecule has 0 spiro atoms. The van der Waals surface area contributed by atoms with E-state index in [1.807, 2.05) is 11.8 Å². The molecule has 0 aliphatic carbocycles. The third-order valence-corrected chi connectivity index (χ3v) is 2.91. The molecule has 1 atom stereocenters. The standard InChI is InChI=1S/C6H13NS/c1-6(7)3-2-4-8-5-6/h2-5,7H2,1H3. The summed E-state index contributed by atoms with van der Waals surface area (Å²) in [6, 6.07) is 0. The maximum atomic E-state index is 5.86. The summed E-state index contributed by atoms with van der Waals surface area (Å²) in [5, 5.41) is 0. The molecule has 1 fully saturated rings. The van der Waals surface area contributed by atoms with Crippen LogP contribution in [0.15, 0.2) is 0 Å². The maximum absolute atomic E-state index is 5.86. The van der Waals surface area contributed by atoms with Gasteiger partial charge in [-0.2, -0.15) is 11.8 Å². The summed E-state index contributed by atoms with van der Waals surface area (Å²) in [7, 11) is 0. The summed E-state index contributed by atoms with van der Waals surface area (Å²) in [5.41, 5.74) is 6.00. The molecule has 1 saturated heterocycles. The van der Waals surface area contributed by atoms with Crippen LogP contribution in [0.2, 0.25) is 0 Å². The Kier molecular flexibility index (Phi) is 1.83. The Morgan fingerprint density at radius 2 is 2.38 bits per heavy atom. The molecule has 0 aromatic carbocycles. The van der Waals surface area contributed by atoms with Gasteiger partial charge in [-0.3, -0.25) is 0 Å². The molecule has 1 unspecified atom stereocenters. The lowest BCUT2D eigenvalue weighted by atomic mass is 10.0. The van der Waals surface area contributed by atoms with Gasteiger partial charge in [0.05, 0.1) is 0 Å². The minimum absolute atomic E-state index is 0.142. The second kappa shape index (κ2) is 2.28. The second-order valence-corrected chi connectivity index (χ2v) is 3.92. The van der Waals surface area contributed by atoms with Crippen molar-refractivity contribution in [3.05, 3.63) is 0 Å². The molecule has 0 bridgehead atoms. The molecule has 8 heavy (non-hydrogen) atoms. The molecular weight excluding hydrogens is 118 g/mol. The predicted molar refractivity (Wildman–Crippen MR) is 39.2 cm³/mol. The van der Waals surface area contributed by atoms with Crippen LogP contribution in [0.1, 0.15) is 19.8 Å². The van der Waals surface area contributed by atoms with Crippen molar-refractivity contribution in [3.63, 3.8) is 0 Å². The van der Waals surface area contributed by atoms with E-state index >= 15 is 0 Å². The van der Waals surface area contributed by atoms with Crippen LogP contribution in [0.5, 0.6) is 0 Å². The predicted octanol–water partition coefficient (Wildman–Crippen LogP) is 1.23. The molecule has 0 aromatic rings. The van der Waals surface area contributed by atoms with Gasteiger partial charge in [-0.1, -0.05) is 0 Å². The molecule has 2 heteroatoms. The molecule has 2 N–H and O–H groups in total. The van der Waals surface area contributed by atoms with Crippen molar-refractivity contribution in [1.29, 1.82) is 0 Å². The number of thioether (sulfide) groups is 1. The van der Waals surface area contributed by atoms with Crippen molar-refractivity contribution in [2.75, 3.05) is 11.5 Å². The van der Waals surface area contributed by atoms with Gasteiger partial charge in [-0.25, -0.2) is 0 Å². The Hall–Kier alpha value is 0.310. The molecule has 0 amide bonds. The molecular formula is C6H13NS. The molecule has 1 heterocycles. The van der Waals surface area contributed by atoms with E-state index < -0.39 is 0 Å². The average Bonchev–Trinajstić information content (AvgIpc) is 1.65. The van der Waals surface area contributed by atoms with Gasteiger partial charge >= 0.3 is 0 Å². The highest BCUT2D eigenvalue weighted by Crippen LogP contribution is 2.23. The highest BCUT2D eigenvalue weighted by Gasteiger charge is 2.20. The summed E-state index contributed by atoms with van der Waals surface area (Å²) in [6.45, 7) is 2.14. The zero-order chi connectivity index (χ0) is 6.04. The zero-order valence-electron chi connectivity index (χ0n) is 5.31. The molecule has 0 radical (unpaired) electrons. The number of rotatable bonds is 0. The Morgan fingerprint density at radius 3 is 2.62 bits per heavy atom. The van der Waals surface area contributed by atoms with Crippen LogP contribution in [-0.4, -0.2) is 17.0 Å². The van der Waals surface area contributed by atoms with E-state index in [-0.39, 0.29) is 5.54 Å². The highest BCUT2D eigenvalue weighted by molar-refractivity contribution is 7.99. The van der Waals surface area contributed by atoms with Gasteiger partial charge < -0.3 is 5.73 Å². The third kappa shape index (κ3) is 1.67. The van der Waals surface area contributed by atoms with E-state index in [0.717, 1.165) is 5.75 Å². The van der Waals surface area contributed by atoms with Crippen LogP contribution in [0.25, 0.3) is 0 Å². The minimum Gasteiger partial charge on any atom is -0.325 e. The Labute approximate surface area is 55.0 Å². The van der Waals surface area contributed by atoms with E-state index in [1.165, 1.54) is 18.6 Å². The Balaban J connectivity index is 2.33. The van der Waals surface area contributed by atoms with Crippen molar-refractivity contribution in [1.82, 2.24) is 0 Å². The molecule has 1 rings (SSSR count). The van der Waals surface area contributed by atoms with Gasteiger partial charge in [0, 0.05) is 11.3 Å². The van der Waals surface area contributed by atoms with Crippen molar-refractivity contribution in [3.8, 4) is 0 Å². The smallest absolute Gasteiger partial charge is 0.0217 e. The van der Waals surface area contributed by atoms with Gasteiger partial charge in [0.2, 0.25) is 0 Å². The molecule has 0 aromatic heterocycles. The lowest BCUT2D eigenvalue weighted by Crippen LogP contribution is -2.41. The second-order valence-electron chi connectivity index (χ2n) is 2.81. The first kappa shape index (κ1) is 6.43. The molecule has 48 valence electrons. The van der Waals surface area contributed by atoms with Crippen LogP contribution < -0.4 is 5.73 Å². The van der Waals surface area contributed by atoms with E-state index in [9.17, 15) is 0 Å². The SMILES string of the molecule is CC1(N)CCCSC1. The van der Waals surface area contributed by atoms with Crippen molar-refractivity contribution in [2.45, 2.75) is 25.3 Å². The topological polar surface area (TPSA) is 26.0 Å². The third-order valence-electron chi connectivity index (χ3n) is 1.47. The quantitative estimate of drug-likeness (QED) is 0.535. The summed E-state index contributed by atoms with van der Waals surface area (Å²) in [6.07, 6.45) is 2.51. The van der Waals surface area contributed by atoms with Crippen molar-refractivity contribution < 1.29 is 0 Å². The normalized spacial score (nSPS) is 39.8. The van der Waals surface area contributed by atoms with E-state index in [2.05, 4.69) is 6.92 Å². The van der Waals surface area contributed by atoms with Gasteiger partial charge in [-0.05, 0) is 25.5 Å². The first-order valence-electron chi connectivity index (χ1n) is 3.07. The molecule has 1 aliphatic heterocycles. The monoisotopic (exact) mass is 131 g/mol. The number of nitrogens with two attached hydrogens (primary N) is 1.